The van der Waals surface area contributed by atoms with Gasteiger partial charge in [0.25, 0.3) is 0 Å². The molecule has 0 saturated heterocycles. The highest BCUT2D eigenvalue weighted by Crippen LogP contribution is 2.35. The van der Waals surface area contributed by atoms with Gasteiger partial charge in [0.1, 0.15) is 5.60 Å². The molecule has 2 amide bonds. The number of amides is 2. The summed E-state index contributed by atoms with van der Waals surface area (Å²) in [7, 11) is 0. The Hall–Kier alpha value is -2.30. The fraction of sp³-hybridized carbons (Fsp3) is 0.545. The van der Waals surface area contributed by atoms with Gasteiger partial charge in [0.2, 0.25) is 5.91 Å². The van der Waals surface area contributed by atoms with Crippen LogP contribution >= 0.6 is 0 Å². The molecule has 0 saturated carbocycles. The quantitative estimate of drug-likeness (QED) is 0.705. The zero-order valence-corrected chi connectivity index (χ0v) is 16.8. The van der Waals surface area contributed by atoms with Crippen LogP contribution in [-0.2, 0) is 9.53 Å². The van der Waals surface area contributed by atoms with Crippen molar-refractivity contribution in [3.05, 3.63) is 36.4 Å². The third-order valence-electron chi connectivity index (χ3n) is 4.92. The molecule has 1 aromatic rings. The molecule has 0 radical (unpaired) electrons. The Morgan fingerprint density at radius 2 is 1.74 bits per heavy atom. The zero-order valence-electron chi connectivity index (χ0n) is 16.8. The van der Waals surface area contributed by atoms with E-state index in [0.717, 1.165) is 24.2 Å². The minimum atomic E-state index is -0.564. The van der Waals surface area contributed by atoms with Gasteiger partial charge in [-0.2, -0.15) is 0 Å². The van der Waals surface area contributed by atoms with Gasteiger partial charge in [0, 0.05) is 19.5 Å². The molecule has 0 bridgehead atoms. The molecule has 2 atom stereocenters. The first-order chi connectivity index (χ1) is 12.7. The average molecular weight is 370 g/mol. The number of carbonyl (C=O) groups is 2. The lowest BCUT2D eigenvalue weighted by molar-refractivity contribution is -0.119. The number of carbonyl (C=O) groups excluding carboxylic acids is 2. The molecular weight excluding hydrogens is 340 g/mol. The molecule has 0 aromatic heterocycles. The van der Waals surface area contributed by atoms with E-state index in [0.29, 0.717) is 25.4 Å². The fourth-order valence-corrected chi connectivity index (χ4v) is 3.72. The number of rotatable bonds is 2. The number of nitrogens with zero attached hydrogens (tertiary/aromatic N) is 2. The normalized spacial score (nSPS) is 22.4. The van der Waals surface area contributed by atoms with Crippen LogP contribution in [0.2, 0.25) is 0 Å². The van der Waals surface area contributed by atoms with Crippen molar-refractivity contribution in [2.45, 2.75) is 52.6 Å². The molecule has 0 N–H and O–H groups in total. The third-order valence-corrected chi connectivity index (χ3v) is 4.92. The molecule has 0 spiro atoms. The van der Waals surface area contributed by atoms with E-state index >= 15 is 0 Å². The molecule has 2 unspecified atom stereocenters. The lowest BCUT2D eigenvalue weighted by atomic mass is 10.0. The first-order valence-electron chi connectivity index (χ1n) is 9.81. The van der Waals surface area contributed by atoms with Crippen LogP contribution in [0.15, 0.2) is 36.4 Å². The molecule has 5 nitrogen and oxygen atoms in total. The molecule has 27 heavy (non-hydrogen) atoms. The smallest absolute Gasteiger partial charge is 0.414 e. The Balaban J connectivity index is 1.89. The molecule has 1 aliphatic carbocycles. The van der Waals surface area contributed by atoms with Gasteiger partial charge in [-0.3, -0.25) is 9.69 Å². The summed E-state index contributed by atoms with van der Waals surface area (Å²) in [4.78, 5) is 29.4. The second-order valence-corrected chi connectivity index (χ2v) is 8.66. The summed E-state index contributed by atoms with van der Waals surface area (Å²) in [6.07, 6.45) is 6.55. The molecule has 1 aromatic carbocycles. The van der Waals surface area contributed by atoms with Crippen molar-refractivity contribution in [1.82, 2.24) is 0 Å². The molecule has 5 heteroatoms. The summed E-state index contributed by atoms with van der Waals surface area (Å²) in [5.74, 6) is 0.593. The Bertz CT molecular complexity index is 735. The maximum absolute atomic E-state index is 13.1. The molecular formula is C22H30N2O3. The number of hydrogen-bond acceptors (Lipinski definition) is 3. The Kier molecular flexibility index (Phi) is 5.59. The summed E-state index contributed by atoms with van der Waals surface area (Å²) in [5.41, 5.74) is 0.970. The molecule has 146 valence electrons. The van der Waals surface area contributed by atoms with Crippen molar-refractivity contribution in [3.8, 4) is 0 Å². The minimum Gasteiger partial charge on any atom is -0.443 e. The standard InChI is InChI=1S/C22H30N2O3/c1-16-14-23(20(25)13-17-9-5-6-10-17)18-11-7-8-12-19(18)24(15-16)21(26)27-22(2,3)4/h5,7-9,11-12,16-17H,6,10,13-15H2,1-4H3. The SMILES string of the molecule is CC1CN(C(=O)CC2C=CCC2)c2ccccc2N(C(=O)OC(C)(C)C)C1. The monoisotopic (exact) mass is 370 g/mol. The van der Waals surface area contributed by atoms with E-state index < -0.39 is 5.60 Å². The summed E-state index contributed by atoms with van der Waals surface area (Å²) >= 11 is 0. The Labute approximate surface area is 162 Å². The predicted octanol–water partition coefficient (Wildman–Crippen LogP) is 4.77. The number of fused-ring (bicyclic) bond motifs is 1. The second kappa shape index (κ2) is 7.75. The number of hydrogen-bond donors (Lipinski definition) is 0. The van der Waals surface area contributed by atoms with Crippen molar-refractivity contribution < 1.29 is 14.3 Å². The van der Waals surface area contributed by atoms with Gasteiger partial charge >= 0.3 is 6.09 Å². The van der Waals surface area contributed by atoms with Crippen LogP contribution in [0.1, 0.15) is 47.0 Å². The highest BCUT2D eigenvalue weighted by Gasteiger charge is 2.33. The van der Waals surface area contributed by atoms with Crippen LogP contribution in [0.5, 0.6) is 0 Å². The largest absolute Gasteiger partial charge is 0.443 e. The maximum atomic E-state index is 13.1. The van der Waals surface area contributed by atoms with E-state index in [1.165, 1.54) is 0 Å². The van der Waals surface area contributed by atoms with Crippen molar-refractivity contribution in [2.75, 3.05) is 22.9 Å². The third kappa shape index (κ3) is 4.71. The number of benzene rings is 1. The van der Waals surface area contributed by atoms with E-state index in [9.17, 15) is 9.59 Å². The average Bonchev–Trinajstić information content (AvgIpc) is 3.03. The van der Waals surface area contributed by atoms with E-state index in [-0.39, 0.29) is 17.9 Å². The van der Waals surface area contributed by atoms with E-state index in [1.807, 2.05) is 49.9 Å². The Morgan fingerprint density at radius 1 is 1.11 bits per heavy atom. The fourth-order valence-electron chi connectivity index (χ4n) is 3.72. The van der Waals surface area contributed by atoms with E-state index in [1.54, 1.807) is 4.90 Å². The summed E-state index contributed by atoms with van der Waals surface area (Å²) in [5, 5.41) is 0. The molecule has 3 rings (SSSR count). The highest BCUT2D eigenvalue weighted by atomic mass is 16.6. The molecule has 2 aliphatic rings. The summed E-state index contributed by atoms with van der Waals surface area (Å²) in [6.45, 7) is 8.79. The van der Waals surface area contributed by atoms with E-state index in [4.69, 9.17) is 4.74 Å². The molecule has 1 heterocycles. The van der Waals surface area contributed by atoms with Crippen molar-refractivity contribution in [2.24, 2.45) is 11.8 Å². The number of allylic oxidation sites excluding steroid dienone is 2. The maximum Gasteiger partial charge on any atom is 0.414 e. The highest BCUT2D eigenvalue weighted by molar-refractivity contribution is 6.01. The number of anilines is 2. The van der Waals surface area contributed by atoms with Gasteiger partial charge < -0.3 is 9.64 Å². The summed E-state index contributed by atoms with van der Waals surface area (Å²) < 4.78 is 5.62. The Morgan fingerprint density at radius 3 is 2.33 bits per heavy atom. The minimum absolute atomic E-state index is 0.122. The summed E-state index contributed by atoms with van der Waals surface area (Å²) in [6, 6.07) is 7.63. The van der Waals surface area contributed by atoms with Crippen LogP contribution in [0.4, 0.5) is 16.2 Å². The van der Waals surface area contributed by atoms with Gasteiger partial charge in [-0.1, -0.05) is 31.2 Å². The van der Waals surface area contributed by atoms with Crippen molar-refractivity contribution >= 4 is 23.4 Å². The van der Waals surface area contributed by atoms with Crippen molar-refractivity contribution in [3.63, 3.8) is 0 Å². The van der Waals surface area contributed by atoms with Crippen LogP contribution in [0.25, 0.3) is 0 Å². The molecule has 1 aliphatic heterocycles. The lowest BCUT2D eigenvalue weighted by Crippen LogP contribution is -2.39. The van der Waals surface area contributed by atoms with Crippen LogP contribution in [0.3, 0.4) is 0 Å². The van der Waals surface area contributed by atoms with Gasteiger partial charge in [-0.05, 0) is 57.6 Å². The van der Waals surface area contributed by atoms with Gasteiger partial charge in [0.15, 0.2) is 0 Å². The second-order valence-electron chi connectivity index (χ2n) is 8.66. The van der Waals surface area contributed by atoms with Gasteiger partial charge in [0.05, 0.1) is 11.4 Å². The van der Waals surface area contributed by atoms with Gasteiger partial charge in [-0.15, -0.1) is 0 Å². The predicted molar refractivity (Wildman–Crippen MR) is 108 cm³/mol. The van der Waals surface area contributed by atoms with Gasteiger partial charge in [-0.25, -0.2) is 4.79 Å². The first-order valence-corrected chi connectivity index (χ1v) is 9.81. The van der Waals surface area contributed by atoms with Crippen molar-refractivity contribution in [1.29, 1.82) is 0 Å². The van der Waals surface area contributed by atoms with E-state index in [2.05, 4.69) is 19.1 Å². The van der Waals surface area contributed by atoms with Crippen LogP contribution in [-0.4, -0.2) is 30.7 Å². The van der Waals surface area contributed by atoms with Crippen LogP contribution in [0, 0.1) is 11.8 Å². The first kappa shape index (κ1) is 19.5. The number of para-hydroxylation sites is 2. The van der Waals surface area contributed by atoms with Crippen LogP contribution < -0.4 is 9.80 Å². The molecule has 0 fully saturated rings. The topological polar surface area (TPSA) is 49.9 Å². The zero-order chi connectivity index (χ0) is 19.6. The number of ether oxygens (including phenoxy) is 1. The lowest BCUT2D eigenvalue weighted by Gasteiger charge is -2.28.